The van der Waals surface area contributed by atoms with Crippen molar-refractivity contribution in [2.24, 2.45) is 0 Å². The van der Waals surface area contributed by atoms with Crippen LogP contribution < -0.4 is 10.1 Å². The summed E-state index contributed by atoms with van der Waals surface area (Å²) in [5.74, 6) is 1.63. The minimum atomic E-state index is -0.267. The third-order valence-electron chi connectivity index (χ3n) is 4.02. The van der Waals surface area contributed by atoms with Gasteiger partial charge in [0.15, 0.2) is 18.1 Å². The van der Waals surface area contributed by atoms with Gasteiger partial charge in [-0.25, -0.2) is 0 Å². The van der Waals surface area contributed by atoms with Crippen molar-refractivity contribution in [3.63, 3.8) is 0 Å². The molecular weight excluding hydrogens is 316 g/mol. The van der Waals surface area contributed by atoms with Gasteiger partial charge in [-0.3, -0.25) is 9.20 Å². The van der Waals surface area contributed by atoms with Crippen molar-refractivity contribution in [2.45, 2.75) is 32.7 Å². The molecule has 0 saturated heterocycles. The van der Waals surface area contributed by atoms with Crippen LogP contribution in [0.3, 0.4) is 0 Å². The van der Waals surface area contributed by atoms with E-state index in [-0.39, 0.29) is 18.6 Å². The number of fused-ring (bicyclic) bond motifs is 1. The van der Waals surface area contributed by atoms with Gasteiger partial charge in [0.25, 0.3) is 5.91 Å². The summed E-state index contributed by atoms with van der Waals surface area (Å²) >= 11 is 0. The third-order valence-corrected chi connectivity index (χ3v) is 4.02. The molecule has 0 aliphatic carbocycles. The van der Waals surface area contributed by atoms with Crippen LogP contribution in [0.4, 0.5) is 0 Å². The first-order chi connectivity index (χ1) is 12.0. The van der Waals surface area contributed by atoms with E-state index in [1.165, 1.54) is 5.56 Å². The van der Waals surface area contributed by atoms with Crippen molar-refractivity contribution < 1.29 is 9.53 Å². The number of benzene rings is 1. The van der Waals surface area contributed by atoms with E-state index in [9.17, 15) is 4.79 Å². The highest BCUT2D eigenvalue weighted by molar-refractivity contribution is 5.77. The van der Waals surface area contributed by atoms with Crippen LogP contribution >= 0.6 is 0 Å². The van der Waals surface area contributed by atoms with E-state index in [1.807, 2.05) is 60.0 Å². The van der Waals surface area contributed by atoms with Gasteiger partial charge in [-0.15, -0.1) is 10.2 Å². The molecular formula is C19H22N4O2. The molecule has 1 amide bonds. The van der Waals surface area contributed by atoms with Crippen LogP contribution in [0.1, 0.15) is 44.1 Å². The highest BCUT2D eigenvalue weighted by atomic mass is 16.5. The Balaban J connectivity index is 1.57. The molecule has 25 heavy (non-hydrogen) atoms. The molecule has 1 unspecified atom stereocenters. The lowest BCUT2D eigenvalue weighted by atomic mass is 10.0. The van der Waals surface area contributed by atoms with Crippen LogP contribution in [0.25, 0.3) is 5.65 Å². The topological polar surface area (TPSA) is 68.5 Å². The van der Waals surface area contributed by atoms with Gasteiger partial charge in [-0.2, -0.15) is 0 Å². The zero-order valence-corrected chi connectivity index (χ0v) is 14.6. The van der Waals surface area contributed by atoms with E-state index < -0.39 is 0 Å². The molecule has 3 rings (SSSR count). The average Bonchev–Trinajstić information content (AvgIpc) is 3.04. The largest absolute Gasteiger partial charge is 0.484 e. The average molecular weight is 338 g/mol. The lowest BCUT2D eigenvalue weighted by Crippen LogP contribution is -2.32. The number of carbonyl (C=O) groups excluding carboxylic acids is 1. The molecule has 1 atom stereocenters. The first kappa shape index (κ1) is 17.0. The summed E-state index contributed by atoms with van der Waals surface area (Å²) in [6.07, 6.45) is 1.88. The first-order valence-corrected chi connectivity index (χ1v) is 8.36. The number of nitrogens with zero attached hydrogens (tertiary/aromatic N) is 3. The van der Waals surface area contributed by atoms with Crippen molar-refractivity contribution in [2.75, 3.05) is 6.61 Å². The number of rotatable bonds is 6. The summed E-state index contributed by atoms with van der Waals surface area (Å²) in [4.78, 5) is 12.1. The molecule has 0 fully saturated rings. The maximum atomic E-state index is 12.1. The monoisotopic (exact) mass is 338 g/mol. The van der Waals surface area contributed by atoms with Crippen molar-refractivity contribution in [1.29, 1.82) is 0 Å². The Hall–Kier alpha value is -2.89. The second-order valence-corrected chi connectivity index (χ2v) is 6.29. The van der Waals surface area contributed by atoms with E-state index in [4.69, 9.17) is 4.74 Å². The highest BCUT2D eigenvalue weighted by Gasteiger charge is 2.15. The van der Waals surface area contributed by atoms with E-state index in [0.29, 0.717) is 17.5 Å². The van der Waals surface area contributed by atoms with Crippen molar-refractivity contribution in [1.82, 2.24) is 19.9 Å². The molecule has 6 heteroatoms. The first-order valence-electron chi connectivity index (χ1n) is 8.36. The number of ether oxygens (including phenoxy) is 1. The fourth-order valence-electron chi connectivity index (χ4n) is 2.60. The molecule has 0 saturated carbocycles. The molecule has 6 nitrogen and oxygen atoms in total. The predicted octanol–water partition coefficient (Wildman–Crippen LogP) is 3.11. The summed E-state index contributed by atoms with van der Waals surface area (Å²) < 4.78 is 7.41. The van der Waals surface area contributed by atoms with Crippen LogP contribution in [-0.2, 0) is 4.79 Å². The van der Waals surface area contributed by atoms with Gasteiger partial charge in [0.2, 0.25) is 0 Å². The predicted molar refractivity (Wildman–Crippen MR) is 95.6 cm³/mol. The molecule has 2 heterocycles. The van der Waals surface area contributed by atoms with Crippen LogP contribution in [0.2, 0.25) is 0 Å². The van der Waals surface area contributed by atoms with Gasteiger partial charge in [-0.1, -0.05) is 32.0 Å². The smallest absolute Gasteiger partial charge is 0.258 e. The second-order valence-electron chi connectivity index (χ2n) is 6.29. The van der Waals surface area contributed by atoms with E-state index in [2.05, 4.69) is 29.4 Å². The van der Waals surface area contributed by atoms with Gasteiger partial charge >= 0.3 is 0 Å². The number of aromatic nitrogens is 3. The summed E-state index contributed by atoms with van der Waals surface area (Å²) in [5.41, 5.74) is 1.99. The van der Waals surface area contributed by atoms with E-state index >= 15 is 0 Å². The normalized spacial score (nSPS) is 12.3. The number of amides is 1. The minimum Gasteiger partial charge on any atom is -0.484 e. The SMILES string of the molecule is CC(C)c1ccc(OCC(=O)NC(C)c2nnc3ccccn23)cc1. The second kappa shape index (κ2) is 7.34. The lowest BCUT2D eigenvalue weighted by Gasteiger charge is -2.13. The molecule has 130 valence electrons. The number of hydrogen-bond donors (Lipinski definition) is 1. The summed E-state index contributed by atoms with van der Waals surface area (Å²) in [7, 11) is 0. The summed E-state index contributed by atoms with van der Waals surface area (Å²) in [6.45, 7) is 6.11. The van der Waals surface area contributed by atoms with Gasteiger partial charge in [-0.05, 0) is 42.7 Å². The Labute approximate surface area is 146 Å². The molecule has 3 aromatic rings. The van der Waals surface area contributed by atoms with Crippen LogP contribution in [0.15, 0.2) is 48.7 Å². The number of nitrogens with one attached hydrogen (secondary N) is 1. The van der Waals surface area contributed by atoms with Gasteiger partial charge < -0.3 is 10.1 Å². The van der Waals surface area contributed by atoms with Crippen LogP contribution in [-0.4, -0.2) is 27.1 Å². The standard InChI is InChI=1S/C19H22N4O2/c1-13(2)15-7-9-16(10-8-15)25-12-18(24)20-14(3)19-22-21-17-6-4-5-11-23(17)19/h4-11,13-14H,12H2,1-3H3,(H,20,24). The fraction of sp³-hybridized carbons (Fsp3) is 0.316. The Morgan fingerprint density at radius 2 is 1.88 bits per heavy atom. The summed E-state index contributed by atoms with van der Waals surface area (Å²) in [6, 6.07) is 13.2. The molecule has 0 bridgehead atoms. The number of pyridine rings is 1. The summed E-state index contributed by atoms with van der Waals surface area (Å²) in [5, 5.41) is 11.1. The molecule has 0 spiro atoms. The zero-order chi connectivity index (χ0) is 17.8. The van der Waals surface area contributed by atoms with Crippen molar-refractivity contribution in [3.8, 4) is 5.75 Å². The number of hydrogen-bond acceptors (Lipinski definition) is 4. The Kier molecular flexibility index (Phi) is 4.97. The lowest BCUT2D eigenvalue weighted by molar-refractivity contribution is -0.123. The van der Waals surface area contributed by atoms with Crippen LogP contribution in [0.5, 0.6) is 5.75 Å². The minimum absolute atomic E-state index is 0.0396. The van der Waals surface area contributed by atoms with E-state index in [1.54, 1.807) is 0 Å². The molecule has 1 aromatic carbocycles. The molecule has 2 aromatic heterocycles. The van der Waals surface area contributed by atoms with Crippen molar-refractivity contribution in [3.05, 3.63) is 60.0 Å². The van der Waals surface area contributed by atoms with Gasteiger partial charge in [0, 0.05) is 6.20 Å². The number of carbonyl (C=O) groups is 1. The Morgan fingerprint density at radius 1 is 1.12 bits per heavy atom. The molecule has 0 aliphatic heterocycles. The van der Waals surface area contributed by atoms with Crippen molar-refractivity contribution >= 4 is 11.6 Å². The van der Waals surface area contributed by atoms with Crippen LogP contribution in [0, 0.1) is 0 Å². The molecule has 1 N–H and O–H groups in total. The van der Waals surface area contributed by atoms with Gasteiger partial charge in [0.1, 0.15) is 5.75 Å². The molecule has 0 aliphatic rings. The van der Waals surface area contributed by atoms with E-state index in [0.717, 1.165) is 5.65 Å². The Bertz CT molecular complexity index is 855. The zero-order valence-electron chi connectivity index (χ0n) is 14.6. The maximum Gasteiger partial charge on any atom is 0.258 e. The highest BCUT2D eigenvalue weighted by Crippen LogP contribution is 2.18. The fourth-order valence-corrected chi connectivity index (χ4v) is 2.60. The third kappa shape index (κ3) is 3.96. The van der Waals surface area contributed by atoms with Gasteiger partial charge in [0.05, 0.1) is 6.04 Å². The maximum absolute atomic E-state index is 12.1. The quantitative estimate of drug-likeness (QED) is 0.750. The Morgan fingerprint density at radius 3 is 2.60 bits per heavy atom. The molecule has 0 radical (unpaired) electrons.